The summed E-state index contributed by atoms with van der Waals surface area (Å²) >= 11 is 7.17. The van der Waals surface area contributed by atoms with Gasteiger partial charge in [0.2, 0.25) is 0 Å². The first kappa shape index (κ1) is 20.6. The van der Waals surface area contributed by atoms with Crippen molar-refractivity contribution < 1.29 is 18.7 Å². The van der Waals surface area contributed by atoms with E-state index in [0.29, 0.717) is 15.7 Å². The van der Waals surface area contributed by atoms with Crippen LogP contribution >= 0.6 is 22.9 Å². The predicted molar refractivity (Wildman–Crippen MR) is 109 cm³/mol. The van der Waals surface area contributed by atoms with E-state index in [1.807, 2.05) is 24.3 Å². The molecule has 1 aromatic carbocycles. The number of nitrogens with zero attached hydrogens (tertiary/aromatic N) is 2. The van der Waals surface area contributed by atoms with E-state index < -0.39 is 12.6 Å². The van der Waals surface area contributed by atoms with Crippen LogP contribution in [0.15, 0.2) is 59.2 Å². The number of esters is 1. The molecule has 0 saturated carbocycles. The number of carbonyl (C=O) groups excluding carboxylic acids is 2. The maximum Gasteiger partial charge on any atom is 0.348 e. The summed E-state index contributed by atoms with van der Waals surface area (Å²) < 4.78 is 10.4. The zero-order valence-corrected chi connectivity index (χ0v) is 16.9. The quantitative estimate of drug-likeness (QED) is 0.483. The Morgan fingerprint density at radius 1 is 1.17 bits per heavy atom. The molecule has 0 N–H and O–H groups in total. The topological polar surface area (TPSA) is 83.5 Å². The van der Waals surface area contributed by atoms with Crippen LogP contribution in [-0.4, -0.2) is 29.9 Å². The van der Waals surface area contributed by atoms with Gasteiger partial charge in [0, 0.05) is 16.4 Å². The fraction of sp³-hybridized carbons (Fsp3) is 0.190. The normalized spacial score (nSPS) is 10.3. The summed E-state index contributed by atoms with van der Waals surface area (Å²) in [6.07, 6.45) is 1.69. The lowest BCUT2D eigenvalue weighted by atomic mass is 10.2. The van der Waals surface area contributed by atoms with Crippen molar-refractivity contribution in [3.8, 4) is 16.5 Å². The molecule has 0 radical (unpaired) electrons. The Labute approximate surface area is 176 Å². The van der Waals surface area contributed by atoms with Crippen LogP contribution in [0.5, 0.6) is 0 Å². The van der Waals surface area contributed by atoms with Crippen molar-refractivity contribution in [2.75, 3.05) is 13.2 Å². The molecule has 0 spiro atoms. The largest absolute Gasteiger partial charge is 0.467 e. The Morgan fingerprint density at radius 2 is 1.97 bits per heavy atom. The standard InChI is InChI=1S/C21H17ClN2O4S/c22-16-6-4-15(5-7-16)18-8-9-19(29-18)21(26)28-14-20(25)24(11-2-10-23)13-17-3-1-12-27-17/h1,3-9,12H,2,11,13-14H2. The van der Waals surface area contributed by atoms with Gasteiger partial charge in [0.05, 0.1) is 25.3 Å². The van der Waals surface area contributed by atoms with Crippen molar-refractivity contribution in [2.24, 2.45) is 0 Å². The van der Waals surface area contributed by atoms with Gasteiger partial charge in [-0.25, -0.2) is 4.79 Å². The molecule has 2 aromatic heterocycles. The van der Waals surface area contributed by atoms with Crippen LogP contribution in [0.4, 0.5) is 0 Å². The molecule has 0 fully saturated rings. The lowest BCUT2D eigenvalue weighted by molar-refractivity contribution is -0.135. The van der Waals surface area contributed by atoms with E-state index in [2.05, 4.69) is 0 Å². The number of hydrogen-bond donors (Lipinski definition) is 0. The number of nitriles is 1. The second-order valence-electron chi connectivity index (χ2n) is 6.05. The van der Waals surface area contributed by atoms with Gasteiger partial charge in [-0.2, -0.15) is 5.26 Å². The monoisotopic (exact) mass is 428 g/mol. The predicted octanol–water partition coefficient (Wildman–Crippen LogP) is 4.76. The average molecular weight is 429 g/mol. The van der Waals surface area contributed by atoms with Crippen molar-refractivity contribution in [1.29, 1.82) is 5.26 Å². The van der Waals surface area contributed by atoms with Crippen LogP contribution in [0.2, 0.25) is 5.02 Å². The minimum atomic E-state index is -0.568. The van der Waals surface area contributed by atoms with E-state index in [4.69, 9.17) is 26.0 Å². The maximum absolute atomic E-state index is 12.5. The Kier molecular flexibility index (Phi) is 7.06. The summed E-state index contributed by atoms with van der Waals surface area (Å²) in [6.45, 7) is 0.0389. The SMILES string of the molecule is N#CCCN(Cc1ccco1)C(=O)COC(=O)c1ccc(-c2ccc(Cl)cc2)s1. The molecular formula is C21H17ClN2O4S. The number of thiophene rings is 1. The molecule has 6 nitrogen and oxygen atoms in total. The number of benzene rings is 1. The maximum atomic E-state index is 12.5. The molecule has 1 amide bonds. The molecule has 0 atom stereocenters. The van der Waals surface area contributed by atoms with Gasteiger partial charge in [-0.15, -0.1) is 11.3 Å². The van der Waals surface area contributed by atoms with Gasteiger partial charge in [0.15, 0.2) is 6.61 Å². The number of amides is 1. The van der Waals surface area contributed by atoms with Gasteiger partial charge in [0.25, 0.3) is 5.91 Å². The Balaban J connectivity index is 1.59. The van der Waals surface area contributed by atoms with Crippen LogP contribution in [0, 0.1) is 11.3 Å². The van der Waals surface area contributed by atoms with E-state index in [-0.39, 0.29) is 25.4 Å². The van der Waals surface area contributed by atoms with Crippen LogP contribution < -0.4 is 0 Å². The van der Waals surface area contributed by atoms with E-state index in [1.165, 1.54) is 22.5 Å². The Morgan fingerprint density at radius 3 is 2.66 bits per heavy atom. The fourth-order valence-corrected chi connectivity index (χ4v) is 3.61. The van der Waals surface area contributed by atoms with Gasteiger partial charge in [0.1, 0.15) is 10.6 Å². The highest BCUT2D eigenvalue weighted by atomic mass is 35.5. The molecule has 0 aliphatic heterocycles. The van der Waals surface area contributed by atoms with E-state index >= 15 is 0 Å². The summed E-state index contributed by atoms with van der Waals surface area (Å²) in [4.78, 5) is 27.5. The summed E-state index contributed by atoms with van der Waals surface area (Å²) in [5, 5.41) is 9.44. The summed E-state index contributed by atoms with van der Waals surface area (Å²) in [5.74, 6) is -0.366. The second-order valence-corrected chi connectivity index (χ2v) is 7.57. The van der Waals surface area contributed by atoms with Gasteiger partial charge >= 0.3 is 5.97 Å². The number of furan rings is 1. The highest BCUT2D eigenvalue weighted by molar-refractivity contribution is 7.17. The summed E-state index contributed by atoms with van der Waals surface area (Å²) in [5.41, 5.74) is 0.940. The number of carbonyl (C=O) groups is 2. The molecule has 3 aromatic rings. The number of hydrogen-bond acceptors (Lipinski definition) is 6. The molecule has 29 heavy (non-hydrogen) atoms. The number of halogens is 1. The lowest BCUT2D eigenvalue weighted by Gasteiger charge is -2.20. The van der Waals surface area contributed by atoms with Gasteiger partial charge in [-0.1, -0.05) is 23.7 Å². The molecule has 0 aliphatic carbocycles. The third-order valence-electron chi connectivity index (χ3n) is 4.04. The van der Waals surface area contributed by atoms with E-state index in [9.17, 15) is 9.59 Å². The minimum absolute atomic E-state index is 0.176. The molecule has 3 rings (SSSR count). The number of ether oxygens (including phenoxy) is 1. The molecule has 148 valence electrons. The van der Waals surface area contributed by atoms with Crippen LogP contribution in [0.3, 0.4) is 0 Å². The van der Waals surface area contributed by atoms with Gasteiger partial charge < -0.3 is 14.1 Å². The first-order chi connectivity index (χ1) is 14.1. The average Bonchev–Trinajstić information content (AvgIpc) is 3.41. The molecule has 0 bridgehead atoms. The van der Waals surface area contributed by atoms with Crippen molar-refractivity contribution in [3.63, 3.8) is 0 Å². The minimum Gasteiger partial charge on any atom is -0.467 e. The van der Waals surface area contributed by atoms with Gasteiger partial charge in [-0.05, 0) is 42.0 Å². The van der Waals surface area contributed by atoms with Crippen LogP contribution in [0.1, 0.15) is 21.9 Å². The van der Waals surface area contributed by atoms with E-state index in [0.717, 1.165) is 10.4 Å². The molecule has 0 saturated heterocycles. The molecular weight excluding hydrogens is 412 g/mol. The molecule has 2 heterocycles. The zero-order chi connectivity index (χ0) is 20.6. The summed E-state index contributed by atoms with van der Waals surface area (Å²) in [7, 11) is 0. The Hall–Kier alpha value is -3.08. The molecule has 8 heteroatoms. The summed E-state index contributed by atoms with van der Waals surface area (Å²) in [6, 6.07) is 16.2. The lowest BCUT2D eigenvalue weighted by Crippen LogP contribution is -2.34. The zero-order valence-electron chi connectivity index (χ0n) is 15.3. The third-order valence-corrected chi connectivity index (χ3v) is 5.40. The second kappa shape index (κ2) is 9.92. The van der Waals surface area contributed by atoms with Crippen LogP contribution in [-0.2, 0) is 16.1 Å². The third kappa shape index (κ3) is 5.70. The number of rotatable bonds is 8. The van der Waals surface area contributed by atoms with Crippen LogP contribution in [0.25, 0.3) is 10.4 Å². The molecule has 0 unspecified atom stereocenters. The Bertz CT molecular complexity index is 1010. The first-order valence-electron chi connectivity index (χ1n) is 8.77. The molecule has 0 aliphatic rings. The van der Waals surface area contributed by atoms with E-state index in [1.54, 1.807) is 30.3 Å². The highest BCUT2D eigenvalue weighted by Gasteiger charge is 2.19. The van der Waals surface area contributed by atoms with Gasteiger partial charge in [-0.3, -0.25) is 4.79 Å². The smallest absolute Gasteiger partial charge is 0.348 e. The fourth-order valence-electron chi connectivity index (χ4n) is 2.57. The van der Waals surface area contributed by atoms with Crippen molar-refractivity contribution in [2.45, 2.75) is 13.0 Å². The van der Waals surface area contributed by atoms with Crippen molar-refractivity contribution >= 4 is 34.8 Å². The highest BCUT2D eigenvalue weighted by Crippen LogP contribution is 2.29. The first-order valence-corrected chi connectivity index (χ1v) is 9.96. The van der Waals surface area contributed by atoms with Crippen molar-refractivity contribution in [3.05, 3.63) is 70.5 Å². The van der Waals surface area contributed by atoms with Crippen molar-refractivity contribution in [1.82, 2.24) is 4.90 Å².